The Labute approximate surface area is 179 Å². The Morgan fingerprint density at radius 2 is 1.57 bits per heavy atom. The molecule has 3 aromatic carbocycles. The molecule has 3 aromatic rings. The van der Waals surface area contributed by atoms with Crippen LogP contribution in [0.15, 0.2) is 96.1 Å². The molecule has 0 aromatic heterocycles. The molecule has 6 rings (SSSR count). The summed E-state index contributed by atoms with van der Waals surface area (Å²) in [6, 6.07) is 20.6. The van der Waals surface area contributed by atoms with Crippen molar-refractivity contribution in [3.63, 3.8) is 0 Å². The lowest BCUT2D eigenvalue weighted by Crippen LogP contribution is -2.11. The van der Waals surface area contributed by atoms with Crippen LogP contribution in [0.1, 0.15) is 48.3 Å². The molecule has 0 nitrogen and oxygen atoms in total. The summed E-state index contributed by atoms with van der Waals surface area (Å²) in [5, 5.41) is 2.67. The van der Waals surface area contributed by atoms with E-state index < -0.39 is 0 Å². The Kier molecular flexibility index (Phi) is 4.30. The summed E-state index contributed by atoms with van der Waals surface area (Å²) in [6.07, 6.45) is 19.9. The highest BCUT2D eigenvalue weighted by molar-refractivity contribution is 5.98. The first kappa shape index (κ1) is 17.7. The first-order chi connectivity index (χ1) is 14.9. The van der Waals surface area contributed by atoms with Crippen LogP contribution >= 0.6 is 0 Å². The number of allylic oxidation sites excluding steroid dienone is 7. The van der Waals surface area contributed by atoms with Gasteiger partial charge in [0.05, 0.1) is 0 Å². The van der Waals surface area contributed by atoms with Crippen molar-refractivity contribution in [2.24, 2.45) is 0 Å². The van der Waals surface area contributed by atoms with Crippen molar-refractivity contribution in [3.05, 3.63) is 113 Å². The van der Waals surface area contributed by atoms with Crippen LogP contribution in [-0.2, 0) is 6.42 Å². The predicted octanol–water partition coefficient (Wildman–Crippen LogP) is 8.16. The first-order valence-electron chi connectivity index (χ1n) is 11.3. The number of hydrogen-bond donors (Lipinski definition) is 0. The number of fused-ring (bicyclic) bond motifs is 2. The van der Waals surface area contributed by atoms with Gasteiger partial charge in [-0.05, 0) is 81.8 Å². The van der Waals surface area contributed by atoms with Gasteiger partial charge >= 0.3 is 0 Å². The standard InChI is InChI=1S/C30H26/c1-2-12-24-20-30(28-18-8-14-22-10-4-6-16-26(22)28)29(19-23(24)11-1)27-17-7-13-21-9-3-5-15-25(21)27/h1,4-8,10-11,13-16,18-20,27H,2-3,9,12,17H2. The molecule has 0 saturated carbocycles. The molecule has 0 amide bonds. The zero-order valence-corrected chi connectivity index (χ0v) is 17.3. The van der Waals surface area contributed by atoms with E-state index in [1.807, 2.05) is 0 Å². The molecule has 146 valence electrons. The maximum Gasteiger partial charge on any atom is 0.0133 e. The summed E-state index contributed by atoms with van der Waals surface area (Å²) in [5.41, 5.74) is 10.3. The second-order valence-electron chi connectivity index (χ2n) is 8.72. The van der Waals surface area contributed by atoms with Gasteiger partial charge < -0.3 is 0 Å². The van der Waals surface area contributed by atoms with E-state index in [2.05, 4.69) is 91.1 Å². The fourth-order valence-corrected chi connectivity index (χ4v) is 5.47. The van der Waals surface area contributed by atoms with Gasteiger partial charge in [0.25, 0.3) is 0 Å². The summed E-state index contributed by atoms with van der Waals surface area (Å²) >= 11 is 0. The van der Waals surface area contributed by atoms with Gasteiger partial charge in [-0.2, -0.15) is 0 Å². The second kappa shape index (κ2) is 7.29. The average molecular weight is 387 g/mol. The molecule has 0 saturated heterocycles. The molecule has 0 fully saturated rings. The van der Waals surface area contributed by atoms with Crippen molar-refractivity contribution >= 4 is 16.8 Å². The molecular formula is C30H26. The predicted molar refractivity (Wildman–Crippen MR) is 129 cm³/mol. The molecule has 30 heavy (non-hydrogen) atoms. The van der Waals surface area contributed by atoms with Crippen LogP contribution in [-0.4, -0.2) is 0 Å². The van der Waals surface area contributed by atoms with Crippen LogP contribution in [0, 0.1) is 0 Å². The Balaban J connectivity index is 1.62. The summed E-state index contributed by atoms with van der Waals surface area (Å²) in [6.45, 7) is 0. The van der Waals surface area contributed by atoms with Crippen LogP contribution in [0.2, 0.25) is 0 Å². The monoisotopic (exact) mass is 386 g/mol. The Bertz CT molecular complexity index is 1260. The van der Waals surface area contributed by atoms with E-state index in [1.54, 1.807) is 0 Å². The highest BCUT2D eigenvalue weighted by Crippen LogP contribution is 2.45. The maximum atomic E-state index is 2.50. The lowest BCUT2D eigenvalue weighted by Gasteiger charge is -2.29. The molecule has 0 aliphatic heterocycles. The summed E-state index contributed by atoms with van der Waals surface area (Å²) in [5.74, 6) is 0.441. The minimum Gasteiger partial charge on any atom is -0.0839 e. The number of benzene rings is 3. The highest BCUT2D eigenvalue weighted by atomic mass is 14.3. The summed E-state index contributed by atoms with van der Waals surface area (Å²) < 4.78 is 0. The molecule has 0 bridgehead atoms. The fraction of sp³-hybridized carbons (Fsp3) is 0.200. The maximum absolute atomic E-state index is 2.50. The van der Waals surface area contributed by atoms with Crippen molar-refractivity contribution in [2.75, 3.05) is 0 Å². The van der Waals surface area contributed by atoms with Crippen LogP contribution in [0.25, 0.3) is 28.0 Å². The molecule has 0 heteroatoms. The third-order valence-electron chi connectivity index (χ3n) is 6.96. The van der Waals surface area contributed by atoms with Gasteiger partial charge in [0.2, 0.25) is 0 Å². The van der Waals surface area contributed by atoms with Gasteiger partial charge in [-0.1, -0.05) is 91.1 Å². The fourth-order valence-electron chi connectivity index (χ4n) is 5.47. The van der Waals surface area contributed by atoms with E-state index in [-0.39, 0.29) is 0 Å². The molecule has 0 radical (unpaired) electrons. The Morgan fingerprint density at radius 1 is 0.700 bits per heavy atom. The molecule has 1 atom stereocenters. The Hall–Kier alpha value is -3.12. The van der Waals surface area contributed by atoms with E-state index in [0.717, 1.165) is 19.3 Å². The third-order valence-corrected chi connectivity index (χ3v) is 6.96. The third kappa shape index (κ3) is 2.91. The highest BCUT2D eigenvalue weighted by Gasteiger charge is 2.25. The molecule has 0 N–H and O–H groups in total. The van der Waals surface area contributed by atoms with E-state index in [4.69, 9.17) is 0 Å². The first-order valence-corrected chi connectivity index (χ1v) is 11.3. The average Bonchev–Trinajstić information content (AvgIpc) is 2.82. The molecule has 0 heterocycles. The quantitative estimate of drug-likeness (QED) is 0.417. The van der Waals surface area contributed by atoms with Crippen molar-refractivity contribution in [1.82, 2.24) is 0 Å². The largest absolute Gasteiger partial charge is 0.0839 e. The van der Waals surface area contributed by atoms with Crippen molar-refractivity contribution in [2.45, 2.75) is 38.0 Å². The molecule has 3 aliphatic carbocycles. The van der Waals surface area contributed by atoms with Gasteiger partial charge in [0.1, 0.15) is 0 Å². The van der Waals surface area contributed by atoms with Gasteiger partial charge in [-0.3, -0.25) is 0 Å². The van der Waals surface area contributed by atoms with Gasteiger partial charge in [0, 0.05) is 5.92 Å². The van der Waals surface area contributed by atoms with E-state index >= 15 is 0 Å². The molecule has 0 spiro atoms. The van der Waals surface area contributed by atoms with Crippen LogP contribution in [0.4, 0.5) is 0 Å². The lowest BCUT2D eigenvalue weighted by molar-refractivity contribution is 0.777. The number of hydrogen-bond acceptors (Lipinski definition) is 0. The smallest absolute Gasteiger partial charge is 0.0133 e. The van der Waals surface area contributed by atoms with Gasteiger partial charge in [0.15, 0.2) is 0 Å². The minimum atomic E-state index is 0.441. The molecule has 1 unspecified atom stereocenters. The van der Waals surface area contributed by atoms with Crippen molar-refractivity contribution < 1.29 is 0 Å². The number of aryl methyl sites for hydroxylation is 1. The Morgan fingerprint density at radius 3 is 2.57 bits per heavy atom. The van der Waals surface area contributed by atoms with E-state index in [9.17, 15) is 0 Å². The zero-order chi connectivity index (χ0) is 19.9. The number of rotatable bonds is 2. The summed E-state index contributed by atoms with van der Waals surface area (Å²) in [7, 11) is 0. The SMILES string of the molecule is C1=CC2=C(C=CCC2c2cc3c(cc2-c2cccc4ccccc24)CCC=C3)CC1. The molecular weight excluding hydrogens is 360 g/mol. The summed E-state index contributed by atoms with van der Waals surface area (Å²) in [4.78, 5) is 0. The van der Waals surface area contributed by atoms with Crippen molar-refractivity contribution in [1.29, 1.82) is 0 Å². The zero-order valence-electron chi connectivity index (χ0n) is 17.3. The van der Waals surface area contributed by atoms with E-state index in [1.165, 1.54) is 62.6 Å². The van der Waals surface area contributed by atoms with Gasteiger partial charge in [-0.25, -0.2) is 0 Å². The lowest BCUT2D eigenvalue weighted by atomic mass is 9.75. The second-order valence-corrected chi connectivity index (χ2v) is 8.72. The van der Waals surface area contributed by atoms with E-state index in [0.29, 0.717) is 5.92 Å². The normalized spacial score (nSPS) is 19.8. The van der Waals surface area contributed by atoms with Crippen LogP contribution in [0.5, 0.6) is 0 Å². The van der Waals surface area contributed by atoms with Crippen LogP contribution in [0.3, 0.4) is 0 Å². The minimum absolute atomic E-state index is 0.441. The van der Waals surface area contributed by atoms with Crippen LogP contribution < -0.4 is 0 Å². The topological polar surface area (TPSA) is 0 Å². The molecule has 3 aliphatic rings. The van der Waals surface area contributed by atoms with Gasteiger partial charge in [-0.15, -0.1) is 0 Å². The van der Waals surface area contributed by atoms with Crippen molar-refractivity contribution in [3.8, 4) is 11.1 Å².